The molecule has 0 radical (unpaired) electrons. The van der Waals surface area contributed by atoms with Gasteiger partial charge in [-0.25, -0.2) is 8.42 Å². The highest BCUT2D eigenvalue weighted by molar-refractivity contribution is 7.90. The number of carbonyl (C=O) groups is 2. The molecule has 7 nitrogen and oxygen atoms in total. The Morgan fingerprint density at radius 1 is 1.17 bits per heavy atom. The van der Waals surface area contributed by atoms with Crippen molar-refractivity contribution in [1.82, 2.24) is 9.88 Å². The monoisotopic (exact) mass is 623 g/mol. The highest BCUT2D eigenvalue weighted by atomic mass is 35.5. The number of anilines is 1. The average Bonchev–Trinajstić information content (AvgIpc) is 3.34. The second-order valence-electron chi connectivity index (χ2n) is 11.6. The number of hydrogen-bond acceptors (Lipinski definition) is 4. The molecule has 1 aromatic heterocycles. The van der Waals surface area contributed by atoms with Crippen LogP contribution in [0.5, 0.6) is 0 Å². The molecule has 2 amide bonds. The molecule has 2 aromatic carbocycles. The molecule has 226 valence electrons. The number of fused-ring (bicyclic) bond motifs is 3. The van der Waals surface area contributed by atoms with Crippen LogP contribution in [0.1, 0.15) is 43.9 Å². The second-order valence-corrected chi connectivity index (χ2v) is 14.3. The van der Waals surface area contributed by atoms with Gasteiger partial charge in [0.2, 0.25) is 11.8 Å². The fourth-order valence-electron chi connectivity index (χ4n) is 6.72. The number of carbonyl (C=O) groups excluding carboxylic acids is 2. The van der Waals surface area contributed by atoms with Crippen molar-refractivity contribution >= 4 is 49.8 Å². The van der Waals surface area contributed by atoms with E-state index in [1.165, 1.54) is 6.26 Å². The van der Waals surface area contributed by atoms with E-state index >= 15 is 0 Å². The Morgan fingerprint density at radius 2 is 1.90 bits per heavy atom. The Kier molecular flexibility index (Phi) is 8.12. The first-order valence-electron chi connectivity index (χ1n) is 13.9. The predicted octanol–water partition coefficient (Wildman–Crippen LogP) is 5.63. The second kappa shape index (κ2) is 11.2. The first-order chi connectivity index (χ1) is 19.7. The molecule has 1 saturated carbocycles. The molecule has 2 aliphatic rings. The molecular weight excluding hydrogens is 591 g/mol. The highest BCUT2D eigenvalue weighted by Crippen LogP contribution is 2.53. The summed E-state index contributed by atoms with van der Waals surface area (Å²) < 4.78 is 63.7. The van der Waals surface area contributed by atoms with Crippen LogP contribution >= 0.6 is 11.6 Å². The van der Waals surface area contributed by atoms with E-state index in [1.807, 2.05) is 59.3 Å². The van der Waals surface area contributed by atoms with E-state index in [4.69, 9.17) is 11.6 Å². The zero-order valence-corrected chi connectivity index (χ0v) is 25.0. The Bertz CT molecular complexity index is 1640. The van der Waals surface area contributed by atoms with Crippen molar-refractivity contribution in [3.8, 4) is 0 Å². The number of aryl methyl sites for hydroxylation is 1. The number of aromatic nitrogens is 1. The Balaban J connectivity index is 1.43. The van der Waals surface area contributed by atoms with Gasteiger partial charge in [0.15, 0.2) is 0 Å². The number of nitrogens with one attached hydrogen (secondary N) is 1. The first kappa shape index (κ1) is 30.4. The number of amides is 2. The van der Waals surface area contributed by atoms with Gasteiger partial charge >= 0.3 is 6.18 Å². The summed E-state index contributed by atoms with van der Waals surface area (Å²) >= 11 is 6.25. The van der Waals surface area contributed by atoms with Gasteiger partial charge in [-0.3, -0.25) is 9.59 Å². The molecule has 3 aromatic rings. The summed E-state index contributed by atoms with van der Waals surface area (Å²) in [4.78, 5) is 28.7. The van der Waals surface area contributed by atoms with Crippen LogP contribution in [0.25, 0.3) is 10.9 Å². The van der Waals surface area contributed by atoms with Gasteiger partial charge in [-0.05, 0) is 67.5 Å². The summed E-state index contributed by atoms with van der Waals surface area (Å²) in [6.07, 6.45) is -1.90. The van der Waals surface area contributed by atoms with E-state index in [9.17, 15) is 31.2 Å². The summed E-state index contributed by atoms with van der Waals surface area (Å²) in [7, 11) is -3.15. The van der Waals surface area contributed by atoms with E-state index in [1.54, 1.807) is 11.0 Å². The van der Waals surface area contributed by atoms with Crippen molar-refractivity contribution in [1.29, 1.82) is 0 Å². The van der Waals surface area contributed by atoms with Crippen LogP contribution in [0, 0.1) is 11.8 Å². The number of para-hydroxylation sites is 1. The summed E-state index contributed by atoms with van der Waals surface area (Å²) in [6.45, 7) is 1.13. The lowest BCUT2D eigenvalue weighted by Gasteiger charge is -2.40. The summed E-state index contributed by atoms with van der Waals surface area (Å²) in [6, 6.07) is 15.0. The minimum atomic E-state index is -4.49. The van der Waals surface area contributed by atoms with Gasteiger partial charge in [0.05, 0.1) is 17.7 Å². The van der Waals surface area contributed by atoms with Gasteiger partial charge in [0.1, 0.15) is 16.4 Å². The first-order valence-corrected chi connectivity index (χ1v) is 16.3. The fraction of sp³-hybridized carbons (Fsp3) is 0.467. The van der Waals surface area contributed by atoms with E-state index in [2.05, 4.69) is 0 Å². The molecule has 42 heavy (non-hydrogen) atoms. The van der Waals surface area contributed by atoms with Gasteiger partial charge in [0.25, 0.3) is 0 Å². The molecule has 5 rings (SSSR count). The normalized spacial score (nSPS) is 22.6. The molecule has 0 saturated heterocycles. The van der Waals surface area contributed by atoms with Crippen molar-refractivity contribution < 1.29 is 31.2 Å². The maximum atomic E-state index is 14.3. The topological polar surface area (TPSA) is 88.5 Å². The molecule has 3 unspecified atom stereocenters. The van der Waals surface area contributed by atoms with Crippen molar-refractivity contribution in [2.24, 2.45) is 11.8 Å². The third-order valence-electron chi connectivity index (χ3n) is 8.57. The van der Waals surface area contributed by atoms with Crippen LogP contribution in [0.4, 0.5) is 18.9 Å². The number of halogens is 4. The van der Waals surface area contributed by atoms with Crippen LogP contribution < -0.4 is 10.2 Å². The Hall–Kier alpha value is -3.05. The lowest BCUT2D eigenvalue weighted by Crippen LogP contribution is -2.48. The predicted molar refractivity (Wildman–Crippen MR) is 156 cm³/mol. The van der Waals surface area contributed by atoms with Gasteiger partial charge in [-0.2, -0.15) is 13.2 Å². The molecule has 0 bridgehead atoms. The molecular formula is C30H33ClF3N3O4S. The quantitative estimate of drug-likeness (QED) is 0.352. The van der Waals surface area contributed by atoms with Crippen LogP contribution in [0.15, 0.2) is 48.5 Å². The van der Waals surface area contributed by atoms with Crippen molar-refractivity contribution in [3.63, 3.8) is 0 Å². The lowest BCUT2D eigenvalue weighted by atomic mass is 9.63. The molecule has 1 spiro atoms. The molecule has 1 aliphatic heterocycles. The average molecular weight is 624 g/mol. The fourth-order valence-corrected chi connectivity index (χ4v) is 7.56. The van der Waals surface area contributed by atoms with Crippen LogP contribution in [-0.2, 0) is 37.9 Å². The van der Waals surface area contributed by atoms with Gasteiger partial charge in [-0.1, -0.05) is 36.7 Å². The van der Waals surface area contributed by atoms with Gasteiger partial charge in [0, 0.05) is 46.0 Å². The summed E-state index contributed by atoms with van der Waals surface area (Å²) in [5, 5.41) is 3.46. The van der Waals surface area contributed by atoms with Gasteiger partial charge in [-0.15, -0.1) is 0 Å². The maximum absolute atomic E-state index is 14.3. The van der Waals surface area contributed by atoms with E-state index in [0.717, 1.165) is 27.8 Å². The number of benzene rings is 2. The minimum Gasteiger partial charge on any atom is -0.347 e. The minimum absolute atomic E-state index is 0.0316. The molecule has 2 heterocycles. The number of hydrogen-bond donors (Lipinski definition) is 1. The smallest absolute Gasteiger partial charge is 0.347 e. The van der Waals surface area contributed by atoms with Crippen LogP contribution in [0.3, 0.4) is 0 Å². The number of alkyl halides is 3. The van der Waals surface area contributed by atoms with Crippen molar-refractivity contribution in [2.75, 3.05) is 23.5 Å². The number of nitrogens with zero attached hydrogens (tertiary/aromatic N) is 2. The zero-order chi connectivity index (χ0) is 30.4. The number of sulfone groups is 1. The van der Waals surface area contributed by atoms with Crippen LogP contribution in [0.2, 0.25) is 5.02 Å². The standard InChI is InChI=1S/C30H33ClF3N3O4S/c1-19-16-29(11-10-23(19)27(38)35-18-30(32,33)34)24-6-3-4-7-26(24)37(28(29)39)17-22-15-20-14-21(31)8-9-25(20)36(22)12-5-13-42(2,40)41/h3-4,6-9,14-15,19,23H,5,10-13,16-18H2,1-2H3,(H,35,38). The van der Waals surface area contributed by atoms with E-state index < -0.39 is 39.8 Å². The largest absolute Gasteiger partial charge is 0.405 e. The van der Waals surface area contributed by atoms with Gasteiger partial charge < -0.3 is 14.8 Å². The van der Waals surface area contributed by atoms with E-state index in [0.29, 0.717) is 37.3 Å². The SMILES string of the molecule is CC1CC2(CCC1C(=O)NCC(F)(F)F)C(=O)N(Cc1cc3cc(Cl)ccc3n1CCCS(C)(=O)=O)c1ccccc12. The molecule has 1 aliphatic carbocycles. The molecule has 3 atom stereocenters. The van der Waals surface area contributed by atoms with E-state index in [-0.39, 0.29) is 24.1 Å². The number of rotatable bonds is 8. The molecule has 1 N–H and O–H groups in total. The highest BCUT2D eigenvalue weighted by Gasteiger charge is 2.54. The van der Waals surface area contributed by atoms with Crippen LogP contribution in [-0.4, -0.2) is 49.5 Å². The third kappa shape index (κ3) is 6.04. The zero-order valence-electron chi connectivity index (χ0n) is 23.4. The summed E-state index contributed by atoms with van der Waals surface area (Å²) in [5.74, 6) is -1.63. The Labute approximate surface area is 247 Å². The molecule has 1 fully saturated rings. The maximum Gasteiger partial charge on any atom is 0.405 e. The molecule has 12 heteroatoms. The Morgan fingerprint density at radius 3 is 2.60 bits per heavy atom. The van der Waals surface area contributed by atoms with Crippen molar-refractivity contribution in [3.05, 3.63) is 64.8 Å². The third-order valence-corrected chi connectivity index (χ3v) is 9.84. The summed E-state index contributed by atoms with van der Waals surface area (Å²) in [5.41, 5.74) is 2.46. The lowest BCUT2D eigenvalue weighted by molar-refractivity contribution is -0.143. The van der Waals surface area contributed by atoms with Crippen molar-refractivity contribution in [2.45, 2.75) is 57.3 Å².